The van der Waals surface area contributed by atoms with Crippen molar-refractivity contribution in [1.82, 2.24) is 0 Å². The summed E-state index contributed by atoms with van der Waals surface area (Å²) in [5, 5.41) is 8.71. The molecule has 0 spiro atoms. The molecule has 0 bridgehead atoms. The van der Waals surface area contributed by atoms with Crippen molar-refractivity contribution in [3.8, 4) is 0 Å². The zero-order valence-electron chi connectivity index (χ0n) is 22.2. The van der Waals surface area contributed by atoms with Gasteiger partial charge in [0.25, 0.3) is 0 Å². The Bertz CT molecular complexity index is 435. The van der Waals surface area contributed by atoms with Gasteiger partial charge in [-0.2, -0.15) is 0 Å². The van der Waals surface area contributed by atoms with Crippen molar-refractivity contribution in [3.63, 3.8) is 0 Å². The highest BCUT2D eigenvalue weighted by Gasteiger charge is 2.15. The van der Waals surface area contributed by atoms with E-state index in [1.54, 1.807) is 0 Å². The summed E-state index contributed by atoms with van der Waals surface area (Å²) in [6.07, 6.45) is 30.3. The first-order valence-corrected chi connectivity index (χ1v) is 14.5. The van der Waals surface area contributed by atoms with Crippen molar-refractivity contribution in [3.05, 3.63) is 0 Å². The molecule has 0 amide bonds. The number of aliphatic carboxylic acids is 1. The monoisotopic (exact) mass is 468 g/mol. The van der Waals surface area contributed by atoms with E-state index in [4.69, 9.17) is 9.84 Å². The van der Waals surface area contributed by atoms with Crippen LogP contribution in [0.15, 0.2) is 0 Å². The Kier molecular flexibility index (Phi) is 24.7. The maximum absolute atomic E-state index is 11.5. The zero-order chi connectivity index (χ0) is 24.4. The largest absolute Gasteiger partial charge is 0.479 e. The minimum absolute atomic E-state index is 0.330. The highest BCUT2D eigenvalue weighted by molar-refractivity contribution is 5.77. The van der Waals surface area contributed by atoms with Crippen LogP contribution in [0.5, 0.6) is 0 Å². The summed E-state index contributed by atoms with van der Waals surface area (Å²) in [6.45, 7) is 3.67. The van der Waals surface area contributed by atoms with E-state index in [1.165, 1.54) is 135 Å². The normalized spacial score (nSPS) is 12.1. The number of carboxylic acids is 1. The summed E-state index contributed by atoms with van der Waals surface area (Å²) in [4.78, 5) is 22.1. The Labute approximate surface area is 205 Å². The molecular weight excluding hydrogens is 412 g/mol. The van der Waals surface area contributed by atoms with Crippen molar-refractivity contribution in [2.75, 3.05) is 0 Å². The third kappa shape index (κ3) is 25.4. The molecule has 0 saturated heterocycles. The lowest BCUT2D eigenvalue weighted by Crippen LogP contribution is -2.23. The van der Waals surface area contributed by atoms with Gasteiger partial charge in [0.05, 0.1) is 0 Å². The van der Waals surface area contributed by atoms with E-state index in [0.29, 0.717) is 6.42 Å². The van der Waals surface area contributed by atoms with Gasteiger partial charge in [-0.3, -0.25) is 4.79 Å². The van der Waals surface area contributed by atoms with E-state index in [1.807, 2.05) is 0 Å². The van der Waals surface area contributed by atoms with Crippen LogP contribution in [-0.4, -0.2) is 23.1 Å². The molecule has 1 N–H and O–H groups in total. The highest BCUT2D eigenvalue weighted by Crippen LogP contribution is 2.15. The number of esters is 1. The molecule has 196 valence electrons. The first-order valence-electron chi connectivity index (χ1n) is 14.5. The first-order chi connectivity index (χ1) is 16.1. The fourth-order valence-corrected chi connectivity index (χ4v) is 4.36. The number of hydrogen-bond acceptors (Lipinski definition) is 3. The number of carbonyl (C=O) groups excluding carboxylic acids is 1. The predicted octanol–water partition coefficient (Wildman–Crippen LogP) is 9.39. The highest BCUT2D eigenvalue weighted by atomic mass is 16.6. The third-order valence-electron chi connectivity index (χ3n) is 6.64. The summed E-state index contributed by atoms with van der Waals surface area (Å²) >= 11 is 0. The number of ether oxygens (including phenoxy) is 1. The lowest BCUT2D eigenvalue weighted by Gasteiger charge is -2.08. The number of carbonyl (C=O) groups is 2. The second-order valence-corrected chi connectivity index (χ2v) is 10.00. The van der Waals surface area contributed by atoms with Crippen molar-refractivity contribution in [1.29, 1.82) is 0 Å². The van der Waals surface area contributed by atoms with Gasteiger partial charge in [0.2, 0.25) is 0 Å². The Morgan fingerprint density at radius 3 is 1.09 bits per heavy atom. The van der Waals surface area contributed by atoms with Crippen LogP contribution in [0.4, 0.5) is 0 Å². The number of hydrogen-bond donors (Lipinski definition) is 1. The van der Waals surface area contributed by atoms with E-state index in [2.05, 4.69) is 6.92 Å². The lowest BCUT2D eigenvalue weighted by molar-refractivity contribution is -0.162. The molecule has 0 aliphatic heterocycles. The Morgan fingerprint density at radius 1 is 0.545 bits per heavy atom. The maximum Gasteiger partial charge on any atom is 0.344 e. The molecule has 0 aliphatic carbocycles. The van der Waals surface area contributed by atoms with Gasteiger partial charge in [0.15, 0.2) is 6.10 Å². The molecule has 33 heavy (non-hydrogen) atoms. The van der Waals surface area contributed by atoms with Crippen LogP contribution >= 0.6 is 0 Å². The molecular formula is C29H56O4. The average molecular weight is 469 g/mol. The molecule has 1 atom stereocenters. The van der Waals surface area contributed by atoms with Crippen molar-refractivity contribution >= 4 is 11.9 Å². The second kappa shape index (κ2) is 25.6. The van der Waals surface area contributed by atoms with Crippen LogP contribution in [0, 0.1) is 0 Å². The second-order valence-electron chi connectivity index (χ2n) is 10.00. The molecule has 4 heteroatoms. The third-order valence-corrected chi connectivity index (χ3v) is 6.64. The minimum atomic E-state index is -1.09. The number of unbranched alkanes of at least 4 members (excludes halogenated alkanes) is 22. The maximum atomic E-state index is 11.5. The smallest absolute Gasteiger partial charge is 0.344 e. The fourth-order valence-electron chi connectivity index (χ4n) is 4.36. The van der Waals surface area contributed by atoms with E-state index in [9.17, 15) is 9.59 Å². The molecule has 0 rings (SSSR count). The van der Waals surface area contributed by atoms with Crippen LogP contribution in [0.1, 0.15) is 168 Å². The SMILES string of the molecule is CCCCCCCCCCCCCCCCCCCCCCCCCC(=O)OC(C)C(=O)O. The Hall–Kier alpha value is -1.06. The van der Waals surface area contributed by atoms with Crippen molar-refractivity contribution in [2.24, 2.45) is 0 Å². The van der Waals surface area contributed by atoms with Crippen LogP contribution < -0.4 is 0 Å². The van der Waals surface area contributed by atoms with Crippen LogP contribution in [0.2, 0.25) is 0 Å². The van der Waals surface area contributed by atoms with Crippen molar-refractivity contribution < 1.29 is 19.4 Å². The van der Waals surface area contributed by atoms with Gasteiger partial charge >= 0.3 is 11.9 Å². The molecule has 0 fully saturated rings. The van der Waals surface area contributed by atoms with Gasteiger partial charge in [-0.05, 0) is 13.3 Å². The quantitative estimate of drug-likeness (QED) is 0.101. The van der Waals surface area contributed by atoms with Gasteiger partial charge in [-0.1, -0.05) is 148 Å². The van der Waals surface area contributed by atoms with Crippen molar-refractivity contribution in [2.45, 2.75) is 174 Å². The van der Waals surface area contributed by atoms with Gasteiger partial charge in [0, 0.05) is 6.42 Å². The average Bonchev–Trinajstić information content (AvgIpc) is 2.79. The summed E-state index contributed by atoms with van der Waals surface area (Å²) in [6, 6.07) is 0. The molecule has 0 aromatic rings. The van der Waals surface area contributed by atoms with Gasteiger partial charge in [0.1, 0.15) is 0 Å². The van der Waals surface area contributed by atoms with Gasteiger partial charge < -0.3 is 9.84 Å². The van der Waals surface area contributed by atoms with E-state index >= 15 is 0 Å². The minimum Gasteiger partial charge on any atom is -0.479 e. The summed E-state index contributed by atoms with van der Waals surface area (Å²) < 4.78 is 4.82. The zero-order valence-corrected chi connectivity index (χ0v) is 22.2. The Balaban J connectivity index is 3.13. The van der Waals surface area contributed by atoms with Crippen LogP contribution in [-0.2, 0) is 14.3 Å². The van der Waals surface area contributed by atoms with Crippen LogP contribution in [0.25, 0.3) is 0 Å². The molecule has 0 aromatic heterocycles. The first kappa shape index (κ1) is 31.9. The number of rotatable bonds is 26. The molecule has 0 saturated carbocycles. The molecule has 1 unspecified atom stereocenters. The van der Waals surface area contributed by atoms with Gasteiger partial charge in [-0.15, -0.1) is 0 Å². The summed E-state index contributed by atoms with van der Waals surface area (Å²) in [5.74, 6) is -1.49. The summed E-state index contributed by atoms with van der Waals surface area (Å²) in [7, 11) is 0. The topological polar surface area (TPSA) is 63.6 Å². The van der Waals surface area contributed by atoms with Crippen LogP contribution in [0.3, 0.4) is 0 Å². The molecule has 0 aromatic carbocycles. The molecule has 0 radical (unpaired) electrons. The van der Waals surface area contributed by atoms with E-state index in [0.717, 1.165) is 19.3 Å². The summed E-state index contributed by atoms with van der Waals surface area (Å²) in [5.41, 5.74) is 0. The van der Waals surface area contributed by atoms with Gasteiger partial charge in [-0.25, -0.2) is 4.79 Å². The number of carboxylic acid groups (broad SMARTS) is 1. The fraction of sp³-hybridized carbons (Fsp3) is 0.931. The molecule has 0 aliphatic rings. The van der Waals surface area contributed by atoms with E-state index < -0.39 is 18.0 Å². The predicted molar refractivity (Wildman–Crippen MR) is 140 cm³/mol. The standard InChI is InChI=1S/C29H56O4/c1-3-4-5-6-7-8-9-10-11-12-13-14-15-16-17-18-19-20-21-22-23-24-25-26-28(30)33-27(2)29(31)32/h27H,3-26H2,1-2H3,(H,31,32). The Morgan fingerprint density at radius 2 is 0.818 bits per heavy atom. The molecule has 4 nitrogen and oxygen atoms in total. The molecule has 0 heterocycles. The van der Waals surface area contributed by atoms with E-state index in [-0.39, 0.29) is 0 Å². The lowest BCUT2D eigenvalue weighted by atomic mass is 10.0.